The fourth-order valence-electron chi connectivity index (χ4n) is 0.923. The van der Waals surface area contributed by atoms with Crippen LogP contribution in [0.3, 0.4) is 0 Å². The molecule has 4 heteroatoms. The predicted molar refractivity (Wildman–Crippen MR) is 56.5 cm³/mol. The molecule has 0 aromatic heterocycles. The Morgan fingerprint density at radius 2 is 2.14 bits per heavy atom. The zero-order valence-electron chi connectivity index (χ0n) is 7.75. The number of carbonyl (C=O) groups excluding carboxylic acids is 1. The lowest BCUT2D eigenvalue weighted by atomic mass is 10.3. The van der Waals surface area contributed by atoms with E-state index in [0.717, 1.165) is 11.1 Å². The Hall–Kier alpha value is -1.38. The molecule has 14 heavy (non-hydrogen) atoms. The minimum Gasteiger partial charge on any atom is -0.361 e. The van der Waals surface area contributed by atoms with Gasteiger partial charge in [-0.15, -0.1) is 11.8 Å². The van der Waals surface area contributed by atoms with E-state index in [9.17, 15) is 4.79 Å². The third-order valence-electron chi connectivity index (χ3n) is 1.64. The normalized spacial score (nSPS) is 11.5. The molecule has 1 unspecified atom stereocenters. The maximum absolute atomic E-state index is 11.2. The first-order valence-electron chi connectivity index (χ1n) is 4.17. The second-order valence-electron chi connectivity index (χ2n) is 2.72. The highest BCUT2D eigenvalue weighted by Crippen LogP contribution is 2.22. The van der Waals surface area contributed by atoms with Gasteiger partial charge in [0.25, 0.3) is 0 Å². The first kappa shape index (κ1) is 10.7. The molecule has 0 aliphatic rings. The van der Waals surface area contributed by atoms with Crippen molar-refractivity contribution in [3.63, 3.8) is 0 Å². The van der Waals surface area contributed by atoms with E-state index in [1.54, 1.807) is 6.92 Å². The monoisotopic (exact) mass is 206 g/mol. The van der Waals surface area contributed by atoms with Crippen LogP contribution >= 0.6 is 11.8 Å². The maximum Gasteiger partial charge on any atom is 0.324 e. The maximum atomic E-state index is 11.2. The average Bonchev–Trinajstić information content (AvgIpc) is 2.19. The molecular formula is C10H10N2OS. The Morgan fingerprint density at radius 1 is 1.50 bits per heavy atom. The summed E-state index contributed by atoms with van der Waals surface area (Å²) in [7, 11) is 0. The van der Waals surface area contributed by atoms with Crippen LogP contribution < -0.4 is 0 Å². The number of benzene rings is 1. The summed E-state index contributed by atoms with van der Waals surface area (Å²) in [5.74, 6) is -0.193. The molecule has 1 atom stereocenters. The minimum absolute atomic E-state index is 0.193. The van der Waals surface area contributed by atoms with Gasteiger partial charge in [0.2, 0.25) is 5.78 Å². The lowest BCUT2D eigenvalue weighted by Gasteiger charge is -2.04. The third kappa shape index (κ3) is 3.17. The second-order valence-corrected chi connectivity index (χ2v) is 4.13. The molecule has 1 aromatic carbocycles. The van der Waals surface area contributed by atoms with E-state index in [0.29, 0.717) is 0 Å². The number of hydrogen-bond acceptors (Lipinski definition) is 2. The molecule has 0 spiro atoms. The van der Waals surface area contributed by atoms with Crippen LogP contribution in [0.4, 0.5) is 0 Å². The summed E-state index contributed by atoms with van der Waals surface area (Å²) in [5, 5.41) is -0.228. The van der Waals surface area contributed by atoms with Crippen LogP contribution in [-0.4, -0.2) is 22.0 Å². The van der Waals surface area contributed by atoms with Crippen LogP contribution in [0.25, 0.3) is 5.53 Å². The first-order valence-corrected chi connectivity index (χ1v) is 5.05. The lowest BCUT2D eigenvalue weighted by Crippen LogP contribution is -2.14. The van der Waals surface area contributed by atoms with Crippen LogP contribution in [0.1, 0.15) is 6.92 Å². The van der Waals surface area contributed by atoms with E-state index in [4.69, 9.17) is 5.53 Å². The molecular weight excluding hydrogens is 196 g/mol. The van der Waals surface area contributed by atoms with Crippen LogP contribution in [0.5, 0.6) is 0 Å². The molecule has 0 radical (unpaired) electrons. The Morgan fingerprint density at radius 3 is 2.71 bits per heavy atom. The zero-order chi connectivity index (χ0) is 10.4. The summed E-state index contributed by atoms with van der Waals surface area (Å²) in [5.41, 5.74) is 8.19. The van der Waals surface area contributed by atoms with Crippen molar-refractivity contribution in [3.8, 4) is 0 Å². The Kier molecular flexibility index (Phi) is 4.11. The molecule has 0 saturated heterocycles. The Balaban J connectivity index is 2.61. The Labute approximate surface area is 86.8 Å². The lowest BCUT2D eigenvalue weighted by molar-refractivity contribution is -0.115. The zero-order valence-corrected chi connectivity index (χ0v) is 8.57. The van der Waals surface area contributed by atoms with Gasteiger partial charge < -0.3 is 5.53 Å². The van der Waals surface area contributed by atoms with E-state index < -0.39 is 0 Å². The van der Waals surface area contributed by atoms with E-state index in [1.807, 2.05) is 30.3 Å². The summed E-state index contributed by atoms with van der Waals surface area (Å²) in [6.07, 6.45) is 0.931. The van der Waals surface area contributed by atoms with Gasteiger partial charge in [-0.1, -0.05) is 18.2 Å². The van der Waals surface area contributed by atoms with Crippen molar-refractivity contribution in [1.29, 1.82) is 0 Å². The Bertz CT molecular complexity index is 358. The molecule has 72 valence electrons. The number of ketones is 1. The molecule has 0 N–H and O–H groups in total. The molecule has 0 saturated carbocycles. The quantitative estimate of drug-likeness (QED) is 0.327. The molecule has 0 fully saturated rings. The second kappa shape index (κ2) is 5.37. The minimum atomic E-state index is -0.228. The topological polar surface area (TPSA) is 53.5 Å². The average molecular weight is 206 g/mol. The van der Waals surface area contributed by atoms with Gasteiger partial charge >= 0.3 is 6.21 Å². The summed E-state index contributed by atoms with van der Waals surface area (Å²) in [6, 6.07) is 9.63. The van der Waals surface area contributed by atoms with Crippen LogP contribution in [0.15, 0.2) is 35.2 Å². The van der Waals surface area contributed by atoms with Crippen molar-refractivity contribution in [2.45, 2.75) is 17.1 Å². The largest absolute Gasteiger partial charge is 0.361 e. The fraction of sp³-hybridized carbons (Fsp3) is 0.200. The SMILES string of the molecule is CC(Sc1ccccc1)C(=O)C=[N+]=[N-]. The van der Waals surface area contributed by atoms with Crippen molar-refractivity contribution < 1.29 is 9.58 Å². The molecule has 0 aliphatic heterocycles. The van der Waals surface area contributed by atoms with E-state index in [1.165, 1.54) is 11.8 Å². The van der Waals surface area contributed by atoms with Gasteiger partial charge in [0.15, 0.2) is 0 Å². The van der Waals surface area contributed by atoms with E-state index in [-0.39, 0.29) is 11.0 Å². The molecule has 0 bridgehead atoms. The number of thioether (sulfide) groups is 1. The summed E-state index contributed by atoms with van der Waals surface area (Å²) in [4.78, 5) is 15.0. The van der Waals surface area contributed by atoms with Crippen LogP contribution in [-0.2, 0) is 4.79 Å². The highest BCUT2D eigenvalue weighted by Gasteiger charge is 2.15. The van der Waals surface area contributed by atoms with Crippen LogP contribution in [0.2, 0.25) is 0 Å². The molecule has 1 aromatic rings. The van der Waals surface area contributed by atoms with Gasteiger partial charge in [-0.05, 0) is 19.1 Å². The van der Waals surface area contributed by atoms with Crippen molar-refractivity contribution in [3.05, 3.63) is 35.9 Å². The predicted octanol–water partition coefficient (Wildman–Crippen LogP) is 2.04. The number of rotatable bonds is 4. The van der Waals surface area contributed by atoms with Gasteiger partial charge in [-0.3, -0.25) is 4.79 Å². The van der Waals surface area contributed by atoms with E-state index in [2.05, 4.69) is 4.79 Å². The van der Waals surface area contributed by atoms with Gasteiger partial charge in [0.1, 0.15) is 0 Å². The molecule has 1 rings (SSSR count). The van der Waals surface area contributed by atoms with Crippen molar-refractivity contribution in [2.24, 2.45) is 0 Å². The van der Waals surface area contributed by atoms with Gasteiger partial charge in [0.05, 0.1) is 5.25 Å². The standard InChI is InChI=1S/C10H10N2OS/c1-8(10(13)7-12-11)14-9-5-3-2-4-6-9/h2-8H,1H3. The van der Waals surface area contributed by atoms with Gasteiger partial charge in [0, 0.05) is 4.90 Å². The van der Waals surface area contributed by atoms with Gasteiger partial charge in [-0.2, -0.15) is 4.79 Å². The molecule has 0 aliphatic carbocycles. The third-order valence-corrected chi connectivity index (χ3v) is 2.77. The van der Waals surface area contributed by atoms with Crippen LogP contribution in [0, 0.1) is 0 Å². The fourth-order valence-corrected chi connectivity index (χ4v) is 1.82. The summed E-state index contributed by atoms with van der Waals surface area (Å²) in [6.45, 7) is 1.78. The van der Waals surface area contributed by atoms with Crippen molar-refractivity contribution in [2.75, 3.05) is 0 Å². The van der Waals surface area contributed by atoms with Crippen molar-refractivity contribution >= 4 is 23.8 Å². The van der Waals surface area contributed by atoms with Crippen molar-refractivity contribution in [1.82, 2.24) is 0 Å². The van der Waals surface area contributed by atoms with Gasteiger partial charge in [-0.25, -0.2) is 0 Å². The summed E-state index contributed by atoms with van der Waals surface area (Å²) >= 11 is 1.44. The first-order chi connectivity index (χ1) is 6.74. The number of carbonyl (C=O) groups is 1. The highest BCUT2D eigenvalue weighted by atomic mass is 32.2. The number of Topliss-reactive ketones (excluding diaryl/α,β-unsaturated/α-hetero) is 1. The number of nitrogens with zero attached hydrogens (tertiary/aromatic N) is 2. The smallest absolute Gasteiger partial charge is 0.324 e. The summed E-state index contributed by atoms with van der Waals surface area (Å²) < 4.78 is 0. The highest BCUT2D eigenvalue weighted by molar-refractivity contribution is 8.00. The molecule has 3 nitrogen and oxygen atoms in total. The number of hydrogen-bond donors (Lipinski definition) is 0. The van der Waals surface area contributed by atoms with E-state index >= 15 is 0 Å². The molecule has 0 amide bonds. The molecule has 0 heterocycles.